The number of hydrogen-bond donors (Lipinski definition) is 1. The van der Waals surface area contributed by atoms with Gasteiger partial charge in [-0.15, -0.1) is 0 Å². The van der Waals surface area contributed by atoms with E-state index in [1.807, 2.05) is 50.2 Å². The minimum atomic E-state index is -3.49. The first kappa shape index (κ1) is 25.0. The summed E-state index contributed by atoms with van der Waals surface area (Å²) in [6, 6.07) is 19.7. The number of hydrazone groups is 1. The van der Waals surface area contributed by atoms with Gasteiger partial charge in [0.1, 0.15) is 5.75 Å². The van der Waals surface area contributed by atoms with Gasteiger partial charge in [0, 0.05) is 5.56 Å². The van der Waals surface area contributed by atoms with E-state index >= 15 is 0 Å². The van der Waals surface area contributed by atoms with E-state index in [0.717, 1.165) is 28.0 Å². The zero-order valence-corrected chi connectivity index (χ0v) is 20.8. The van der Waals surface area contributed by atoms with Gasteiger partial charge in [0.05, 0.1) is 31.3 Å². The van der Waals surface area contributed by atoms with E-state index in [-0.39, 0.29) is 12.5 Å². The number of methoxy groups -OCH3 is 1. The highest BCUT2D eigenvalue weighted by Crippen LogP contribution is 2.23. The minimum absolute atomic E-state index is 0.165. The van der Waals surface area contributed by atoms with Crippen LogP contribution in [0.2, 0.25) is 0 Å². The maximum Gasteiger partial charge on any atom is 0.271 e. The zero-order valence-electron chi connectivity index (χ0n) is 20.0. The molecule has 0 spiro atoms. The highest BCUT2D eigenvalue weighted by Gasteiger charge is 2.18. The second kappa shape index (κ2) is 10.5. The Labute approximate surface area is 201 Å². The molecule has 0 heterocycles. The smallest absolute Gasteiger partial charge is 0.271 e. The predicted octanol–water partition coefficient (Wildman–Crippen LogP) is 4.43. The number of carbonyl (C=O) groups excluding carboxylic acids is 1. The molecule has 0 radical (unpaired) electrons. The summed E-state index contributed by atoms with van der Waals surface area (Å²) >= 11 is 0. The van der Waals surface area contributed by atoms with Crippen LogP contribution in [0.1, 0.15) is 39.5 Å². The molecule has 0 saturated carbocycles. The molecule has 0 atom stereocenters. The van der Waals surface area contributed by atoms with E-state index in [1.165, 1.54) is 10.6 Å². The molecule has 178 valence electrons. The van der Waals surface area contributed by atoms with Gasteiger partial charge < -0.3 is 4.74 Å². The van der Waals surface area contributed by atoms with Crippen LogP contribution >= 0.6 is 0 Å². The first-order valence-electron chi connectivity index (χ1n) is 10.7. The Kier molecular flexibility index (Phi) is 7.73. The topological polar surface area (TPSA) is 88.1 Å². The fourth-order valence-electron chi connectivity index (χ4n) is 3.30. The fraction of sp³-hybridized carbons (Fsp3) is 0.231. The maximum absolute atomic E-state index is 12.5. The maximum atomic E-state index is 12.5. The molecule has 0 saturated heterocycles. The van der Waals surface area contributed by atoms with Crippen LogP contribution in [0.25, 0.3) is 0 Å². The van der Waals surface area contributed by atoms with Crippen molar-refractivity contribution in [2.75, 3.05) is 17.7 Å². The van der Waals surface area contributed by atoms with E-state index in [2.05, 4.69) is 10.5 Å². The number of sulfonamides is 1. The first-order chi connectivity index (χ1) is 16.1. The Morgan fingerprint density at radius 2 is 1.56 bits per heavy atom. The molecule has 0 aliphatic heterocycles. The lowest BCUT2D eigenvalue weighted by atomic mass is 10.1. The van der Waals surface area contributed by atoms with E-state index in [0.29, 0.717) is 17.0 Å². The van der Waals surface area contributed by atoms with E-state index in [9.17, 15) is 13.2 Å². The molecular formula is C26H29N3O4S. The van der Waals surface area contributed by atoms with Crippen molar-refractivity contribution in [2.24, 2.45) is 5.10 Å². The molecule has 3 aromatic carbocycles. The molecule has 34 heavy (non-hydrogen) atoms. The van der Waals surface area contributed by atoms with Crippen molar-refractivity contribution in [3.63, 3.8) is 0 Å². The lowest BCUT2D eigenvalue weighted by molar-refractivity contribution is 0.0955. The number of aryl methyl sites for hydroxylation is 2. The van der Waals surface area contributed by atoms with Crippen LogP contribution in [0.5, 0.6) is 5.75 Å². The lowest BCUT2D eigenvalue weighted by Crippen LogP contribution is -2.29. The molecule has 3 rings (SSSR count). The Bertz CT molecular complexity index is 1300. The van der Waals surface area contributed by atoms with Crippen molar-refractivity contribution in [1.29, 1.82) is 0 Å². The number of ether oxygens (including phenoxy) is 1. The second-order valence-electron chi connectivity index (χ2n) is 8.10. The zero-order chi connectivity index (χ0) is 24.9. The monoisotopic (exact) mass is 479 g/mol. The third-order valence-electron chi connectivity index (χ3n) is 5.55. The van der Waals surface area contributed by atoms with Gasteiger partial charge in [-0.2, -0.15) is 5.10 Å². The molecule has 0 aromatic heterocycles. The number of nitrogens with zero attached hydrogens (tertiary/aromatic N) is 2. The largest absolute Gasteiger partial charge is 0.497 e. The molecule has 3 aromatic rings. The summed E-state index contributed by atoms with van der Waals surface area (Å²) in [5.41, 5.74) is 7.99. The number of benzene rings is 3. The summed E-state index contributed by atoms with van der Waals surface area (Å²) in [7, 11) is -1.89. The van der Waals surface area contributed by atoms with Gasteiger partial charge >= 0.3 is 0 Å². The van der Waals surface area contributed by atoms with E-state index < -0.39 is 10.0 Å². The molecule has 7 nitrogen and oxygen atoms in total. The summed E-state index contributed by atoms with van der Waals surface area (Å²) in [5, 5.41) is 4.17. The van der Waals surface area contributed by atoms with Gasteiger partial charge in [-0.3, -0.25) is 9.10 Å². The molecule has 0 unspecified atom stereocenters. The molecule has 0 aliphatic rings. The van der Waals surface area contributed by atoms with Gasteiger partial charge in [0.25, 0.3) is 5.91 Å². The summed E-state index contributed by atoms with van der Waals surface area (Å²) in [6.07, 6.45) is 1.19. The Balaban J connectivity index is 1.71. The van der Waals surface area contributed by atoms with Crippen LogP contribution in [0.3, 0.4) is 0 Å². The molecule has 1 N–H and O–H groups in total. The summed E-state index contributed by atoms with van der Waals surface area (Å²) in [4.78, 5) is 12.5. The second-order valence-corrected chi connectivity index (χ2v) is 10.0. The molecular weight excluding hydrogens is 450 g/mol. The van der Waals surface area contributed by atoms with Crippen LogP contribution in [0.4, 0.5) is 5.69 Å². The standard InChI is InChI=1S/C26H29N3O4S/c1-18-6-13-24(16-19(18)2)29(34(5,31)32)17-21-7-9-23(10-8-21)26(30)28-27-20(3)22-11-14-25(33-4)15-12-22/h6-16H,17H2,1-5H3,(H,28,30)/b27-20+. The van der Waals surface area contributed by atoms with Gasteiger partial charge in [-0.25, -0.2) is 13.8 Å². The van der Waals surface area contributed by atoms with Crippen molar-refractivity contribution in [2.45, 2.75) is 27.3 Å². The number of carbonyl (C=O) groups is 1. The fourth-order valence-corrected chi connectivity index (χ4v) is 4.18. The van der Waals surface area contributed by atoms with Crippen LogP contribution in [-0.4, -0.2) is 33.4 Å². The van der Waals surface area contributed by atoms with Crippen molar-refractivity contribution < 1.29 is 17.9 Å². The Morgan fingerprint density at radius 1 is 0.941 bits per heavy atom. The highest BCUT2D eigenvalue weighted by molar-refractivity contribution is 7.92. The Morgan fingerprint density at radius 3 is 2.12 bits per heavy atom. The molecule has 8 heteroatoms. The molecule has 0 fully saturated rings. The minimum Gasteiger partial charge on any atom is -0.497 e. The average molecular weight is 480 g/mol. The summed E-state index contributed by atoms with van der Waals surface area (Å²) in [5.74, 6) is 0.390. The number of nitrogens with one attached hydrogen (secondary N) is 1. The quantitative estimate of drug-likeness (QED) is 0.382. The Hall–Kier alpha value is -3.65. The van der Waals surface area contributed by atoms with Crippen LogP contribution < -0.4 is 14.5 Å². The van der Waals surface area contributed by atoms with Crippen molar-refractivity contribution in [3.8, 4) is 5.75 Å². The normalized spacial score (nSPS) is 11.7. The van der Waals surface area contributed by atoms with Gasteiger partial charge in [-0.05, 0) is 91.6 Å². The van der Waals surface area contributed by atoms with Crippen LogP contribution in [0, 0.1) is 13.8 Å². The van der Waals surface area contributed by atoms with E-state index in [4.69, 9.17) is 4.74 Å². The van der Waals surface area contributed by atoms with Gasteiger partial charge in [0.15, 0.2) is 0 Å². The van der Waals surface area contributed by atoms with E-state index in [1.54, 1.807) is 44.4 Å². The number of anilines is 1. The molecule has 0 bridgehead atoms. The molecule has 1 amide bonds. The first-order valence-corrected chi connectivity index (χ1v) is 12.6. The van der Waals surface area contributed by atoms with Crippen molar-refractivity contribution in [3.05, 3.63) is 94.5 Å². The third-order valence-corrected chi connectivity index (χ3v) is 6.69. The third kappa shape index (κ3) is 6.23. The van der Waals surface area contributed by atoms with Crippen LogP contribution in [0.15, 0.2) is 71.8 Å². The number of rotatable bonds is 8. The van der Waals surface area contributed by atoms with Crippen LogP contribution in [-0.2, 0) is 16.6 Å². The number of amides is 1. The van der Waals surface area contributed by atoms with Gasteiger partial charge in [0.2, 0.25) is 10.0 Å². The highest BCUT2D eigenvalue weighted by atomic mass is 32.2. The predicted molar refractivity (Wildman–Crippen MR) is 136 cm³/mol. The van der Waals surface area contributed by atoms with Crippen molar-refractivity contribution >= 4 is 27.3 Å². The molecule has 0 aliphatic carbocycles. The average Bonchev–Trinajstić information content (AvgIpc) is 2.82. The summed E-state index contributed by atoms with van der Waals surface area (Å²) < 4.78 is 31.4. The SMILES string of the molecule is COc1ccc(/C(C)=N/NC(=O)c2ccc(CN(c3ccc(C)c(C)c3)S(C)(=O)=O)cc2)cc1. The van der Waals surface area contributed by atoms with Gasteiger partial charge in [-0.1, -0.05) is 18.2 Å². The van der Waals surface area contributed by atoms with Crippen molar-refractivity contribution in [1.82, 2.24) is 5.43 Å². The lowest BCUT2D eigenvalue weighted by Gasteiger charge is -2.23. The number of hydrogen-bond acceptors (Lipinski definition) is 5. The summed E-state index contributed by atoms with van der Waals surface area (Å²) in [6.45, 7) is 5.90.